The lowest BCUT2D eigenvalue weighted by Gasteiger charge is -2.10. The predicted octanol–water partition coefficient (Wildman–Crippen LogP) is 3.37. The molecule has 0 unspecified atom stereocenters. The van der Waals surface area contributed by atoms with E-state index in [1.54, 1.807) is 12.1 Å². The molecule has 0 aliphatic heterocycles. The van der Waals surface area contributed by atoms with Crippen LogP contribution in [0.2, 0.25) is 0 Å². The third-order valence-electron chi connectivity index (χ3n) is 4.98. The molecule has 0 radical (unpaired) electrons. The Labute approximate surface area is 184 Å². The number of thiophene rings is 1. The lowest BCUT2D eigenvalue weighted by Crippen LogP contribution is -2.24. The molecule has 4 rings (SSSR count). The van der Waals surface area contributed by atoms with E-state index in [9.17, 15) is 13.2 Å². The molecule has 31 heavy (non-hydrogen) atoms. The van der Waals surface area contributed by atoms with Gasteiger partial charge in [-0.3, -0.25) is 4.79 Å². The smallest absolute Gasteiger partial charge is 0.261 e. The monoisotopic (exact) mass is 454 g/mol. The fraction of sp³-hybridized carbons (Fsp3) is 0.182. The highest BCUT2D eigenvalue weighted by Crippen LogP contribution is 2.30. The van der Waals surface area contributed by atoms with Gasteiger partial charge in [-0.05, 0) is 43.3 Å². The average molecular weight is 455 g/mol. The van der Waals surface area contributed by atoms with Gasteiger partial charge in [0.05, 0.1) is 22.0 Å². The van der Waals surface area contributed by atoms with Crippen LogP contribution >= 0.6 is 11.3 Å². The predicted molar refractivity (Wildman–Crippen MR) is 123 cm³/mol. The Hall–Kier alpha value is -3.01. The number of aryl methyl sites for hydroxylation is 1. The van der Waals surface area contributed by atoms with Gasteiger partial charge in [-0.2, -0.15) is 5.10 Å². The summed E-state index contributed by atoms with van der Waals surface area (Å²) in [7, 11) is -2.01. The Kier molecular flexibility index (Phi) is 5.90. The maximum Gasteiger partial charge on any atom is 0.261 e. The van der Waals surface area contributed by atoms with Crippen LogP contribution in [-0.4, -0.2) is 31.2 Å². The van der Waals surface area contributed by atoms with Crippen LogP contribution in [0.1, 0.15) is 26.5 Å². The summed E-state index contributed by atoms with van der Waals surface area (Å²) in [4.78, 5) is 14.3. The molecule has 2 aromatic carbocycles. The minimum atomic E-state index is -3.40. The zero-order valence-corrected chi connectivity index (χ0v) is 18.8. The number of amides is 1. The highest BCUT2D eigenvalue weighted by molar-refractivity contribution is 7.88. The third-order valence-corrected chi connectivity index (χ3v) is 7.41. The van der Waals surface area contributed by atoms with E-state index in [1.165, 1.54) is 18.4 Å². The second-order valence-corrected chi connectivity index (χ2v) is 10.0. The highest BCUT2D eigenvalue weighted by atomic mass is 32.2. The fourth-order valence-electron chi connectivity index (χ4n) is 3.31. The quantitative estimate of drug-likeness (QED) is 0.448. The number of hydrogen-bond acceptors (Lipinski definition) is 5. The van der Waals surface area contributed by atoms with Crippen LogP contribution in [0.4, 0.5) is 0 Å². The van der Waals surface area contributed by atoms with E-state index in [1.807, 2.05) is 60.1 Å². The molecule has 0 saturated heterocycles. The molecule has 2 aromatic heterocycles. The van der Waals surface area contributed by atoms with Gasteiger partial charge in [-0.15, -0.1) is 11.3 Å². The molecule has 0 atom stereocenters. The zero-order chi connectivity index (χ0) is 22.0. The lowest BCUT2D eigenvalue weighted by atomic mass is 10.1. The van der Waals surface area contributed by atoms with Gasteiger partial charge in [0.2, 0.25) is 10.0 Å². The average Bonchev–Trinajstić information content (AvgIpc) is 3.34. The number of carbonyl (C=O) groups excluding carboxylic acids is 1. The maximum absolute atomic E-state index is 12.8. The van der Waals surface area contributed by atoms with E-state index < -0.39 is 10.0 Å². The van der Waals surface area contributed by atoms with Gasteiger partial charge >= 0.3 is 0 Å². The standard InChI is InChI=1S/C22H22N4O3S2/c1-15-19-12-20(30-22(19)26(25-15)18-10-4-3-5-11-18)21(27)24-13-16-8-6-7-9-17(16)14-31(28,29)23-2/h3-12,23H,13-14H2,1-2H3,(H,24,27). The van der Waals surface area contributed by atoms with Crippen LogP contribution < -0.4 is 10.0 Å². The van der Waals surface area contributed by atoms with Gasteiger partial charge in [-0.25, -0.2) is 17.8 Å². The third kappa shape index (κ3) is 4.53. The van der Waals surface area contributed by atoms with Crippen molar-refractivity contribution in [1.29, 1.82) is 0 Å². The van der Waals surface area contributed by atoms with Gasteiger partial charge < -0.3 is 5.32 Å². The first kappa shape index (κ1) is 21.2. The van der Waals surface area contributed by atoms with Crippen molar-refractivity contribution in [3.63, 3.8) is 0 Å². The molecule has 0 aliphatic carbocycles. The minimum absolute atomic E-state index is 0.134. The van der Waals surface area contributed by atoms with Gasteiger partial charge in [0.1, 0.15) is 4.83 Å². The molecule has 0 fully saturated rings. The number of benzene rings is 2. The Morgan fingerprint density at radius 1 is 1.06 bits per heavy atom. The Morgan fingerprint density at radius 3 is 2.45 bits per heavy atom. The van der Waals surface area contributed by atoms with Crippen molar-refractivity contribution in [1.82, 2.24) is 19.8 Å². The number of carbonyl (C=O) groups is 1. The van der Waals surface area contributed by atoms with E-state index in [0.29, 0.717) is 10.4 Å². The Balaban J connectivity index is 1.55. The summed E-state index contributed by atoms with van der Waals surface area (Å²) in [5, 5.41) is 8.46. The number of aromatic nitrogens is 2. The second kappa shape index (κ2) is 8.62. The van der Waals surface area contributed by atoms with E-state index in [2.05, 4.69) is 15.1 Å². The summed E-state index contributed by atoms with van der Waals surface area (Å²) in [6.07, 6.45) is 0. The summed E-state index contributed by atoms with van der Waals surface area (Å²) in [5.41, 5.74) is 3.22. The number of rotatable bonds is 7. The number of nitrogens with zero attached hydrogens (tertiary/aromatic N) is 2. The summed E-state index contributed by atoms with van der Waals surface area (Å²) in [6, 6.07) is 18.8. The van der Waals surface area contributed by atoms with Crippen LogP contribution in [-0.2, 0) is 22.3 Å². The van der Waals surface area contributed by atoms with Crippen molar-refractivity contribution in [3.8, 4) is 5.69 Å². The first-order valence-corrected chi connectivity index (χ1v) is 12.2. The van der Waals surface area contributed by atoms with Gasteiger partial charge in [0, 0.05) is 11.9 Å². The number of nitrogens with one attached hydrogen (secondary N) is 2. The molecule has 0 aliphatic rings. The second-order valence-electron chi connectivity index (χ2n) is 7.08. The lowest BCUT2D eigenvalue weighted by molar-refractivity contribution is 0.0955. The van der Waals surface area contributed by atoms with E-state index in [-0.39, 0.29) is 18.2 Å². The Bertz CT molecular complexity index is 1340. The van der Waals surface area contributed by atoms with Crippen molar-refractivity contribution in [2.24, 2.45) is 0 Å². The summed E-state index contributed by atoms with van der Waals surface area (Å²) >= 11 is 1.38. The summed E-state index contributed by atoms with van der Waals surface area (Å²) in [6.45, 7) is 2.17. The molecule has 0 spiro atoms. The molecule has 4 aromatic rings. The molecule has 0 saturated carbocycles. The summed E-state index contributed by atoms with van der Waals surface area (Å²) in [5.74, 6) is -0.337. The number of para-hydroxylation sites is 1. The van der Waals surface area contributed by atoms with Crippen molar-refractivity contribution < 1.29 is 13.2 Å². The van der Waals surface area contributed by atoms with Crippen molar-refractivity contribution in [2.75, 3.05) is 7.05 Å². The number of fused-ring (bicyclic) bond motifs is 1. The number of sulfonamides is 1. The van der Waals surface area contributed by atoms with Crippen LogP contribution in [0.3, 0.4) is 0 Å². The molecule has 160 valence electrons. The van der Waals surface area contributed by atoms with Crippen molar-refractivity contribution >= 4 is 37.5 Å². The van der Waals surface area contributed by atoms with Crippen LogP contribution in [0.15, 0.2) is 60.7 Å². The van der Waals surface area contributed by atoms with E-state index in [0.717, 1.165) is 27.2 Å². The molecule has 2 heterocycles. The highest BCUT2D eigenvalue weighted by Gasteiger charge is 2.18. The summed E-state index contributed by atoms with van der Waals surface area (Å²) < 4.78 is 28.0. The molecular weight excluding hydrogens is 432 g/mol. The molecule has 1 amide bonds. The molecular formula is C22H22N4O3S2. The minimum Gasteiger partial charge on any atom is -0.347 e. The van der Waals surface area contributed by atoms with E-state index >= 15 is 0 Å². The van der Waals surface area contributed by atoms with E-state index in [4.69, 9.17) is 0 Å². The SMILES string of the molecule is CNS(=O)(=O)Cc1ccccc1CNC(=O)c1cc2c(C)nn(-c3ccccc3)c2s1. The topological polar surface area (TPSA) is 93.1 Å². The largest absolute Gasteiger partial charge is 0.347 e. The zero-order valence-electron chi connectivity index (χ0n) is 17.1. The number of hydrogen-bond donors (Lipinski definition) is 2. The van der Waals surface area contributed by atoms with Crippen LogP contribution in [0, 0.1) is 6.92 Å². The molecule has 0 bridgehead atoms. The first-order valence-electron chi connectivity index (χ1n) is 9.69. The van der Waals surface area contributed by atoms with Gasteiger partial charge in [-0.1, -0.05) is 42.5 Å². The maximum atomic E-state index is 12.8. The molecule has 7 nitrogen and oxygen atoms in total. The van der Waals surface area contributed by atoms with Crippen LogP contribution in [0.25, 0.3) is 15.9 Å². The normalized spacial score (nSPS) is 11.7. The van der Waals surface area contributed by atoms with Gasteiger partial charge in [0.25, 0.3) is 5.91 Å². The first-order chi connectivity index (χ1) is 14.9. The Morgan fingerprint density at radius 2 is 1.74 bits per heavy atom. The van der Waals surface area contributed by atoms with Crippen molar-refractivity contribution in [2.45, 2.75) is 19.2 Å². The van der Waals surface area contributed by atoms with Crippen molar-refractivity contribution in [3.05, 3.63) is 82.4 Å². The molecule has 9 heteroatoms. The molecule has 2 N–H and O–H groups in total. The fourth-order valence-corrected chi connectivity index (χ4v) is 5.25. The van der Waals surface area contributed by atoms with Gasteiger partial charge in [0.15, 0.2) is 0 Å². The van der Waals surface area contributed by atoms with Crippen LogP contribution in [0.5, 0.6) is 0 Å².